The van der Waals surface area contributed by atoms with Crippen LogP contribution in [0.1, 0.15) is 16.4 Å². The lowest BCUT2D eigenvalue weighted by Gasteiger charge is -2.02. The third-order valence-corrected chi connectivity index (χ3v) is 3.09. The first kappa shape index (κ1) is 12.4. The van der Waals surface area contributed by atoms with Gasteiger partial charge in [-0.3, -0.25) is 4.79 Å². The van der Waals surface area contributed by atoms with E-state index in [9.17, 15) is 4.79 Å². The molecule has 20 heavy (non-hydrogen) atoms. The first-order valence-electron chi connectivity index (χ1n) is 6.34. The molecule has 0 unspecified atom stereocenters. The van der Waals surface area contributed by atoms with E-state index in [-0.39, 0.29) is 5.91 Å². The Balaban J connectivity index is 1.63. The minimum Gasteiger partial charge on any atom is -0.451 e. The fourth-order valence-corrected chi connectivity index (χ4v) is 2.00. The third-order valence-electron chi connectivity index (χ3n) is 3.09. The molecule has 6 nitrogen and oxygen atoms in total. The van der Waals surface area contributed by atoms with E-state index in [1.165, 1.54) is 0 Å². The molecule has 102 valence electrons. The van der Waals surface area contributed by atoms with Gasteiger partial charge in [0.05, 0.1) is 0 Å². The Morgan fingerprint density at radius 2 is 2.25 bits per heavy atom. The fraction of sp³-hybridized carbons (Fsp3) is 0.214. The zero-order valence-electron chi connectivity index (χ0n) is 11.0. The van der Waals surface area contributed by atoms with Gasteiger partial charge in [0.25, 0.3) is 5.91 Å². The van der Waals surface area contributed by atoms with Crippen LogP contribution in [0.5, 0.6) is 0 Å². The van der Waals surface area contributed by atoms with Crippen molar-refractivity contribution in [2.45, 2.75) is 6.42 Å². The van der Waals surface area contributed by atoms with Crippen molar-refractivity contribution in [1.82, 2.24) is 20.1 Å². The smallest absolute Gasteiger partial charge is 0.287 e. The molecular weight excluding hydrogens is 256 g/mol. The summed E-state index contributed by atoms with van der Waals surface area (Å²) in [6.07, 6.45) is 2.26. The number of rotatable bonds is 4. The average molecular weight is 270 g/mol. The maximum Gasteiger partial charge on any atom is 0.287 e. The van der Waals surface area contributed by atoms with Crippen molar-refractivity contribution >= 4 is 16.9 Å². The first-order chi connectivity index (χ1) is 9.74. The van der Waals surface area contributed by atoms with Crippen molar-refractivity contribution in [3.63, 3.8) is 0 Å². The number of fused-ring (bicyclic) bond motifs is 1. The molecule has 0 atom stereocenters. The Hall–Kier alpha value is -2.63. The van der Waals surface area contributed by atoms with E-state index in [2.05, 4.69) is 15.5 Å². The number of hydrogen-bond acceptors (Lipinski definition) is 4. The number of carbonyl (C=O) groups excluding carboxylic acids is 1. The van der Waals surface area contributed by atoms with E-state index < -0.39 is 0 Å². The predicted molar refractivity (Wildman–Crippen MR) is 73.3 cm³/mol. The van der Waals surface area contributed by atoms with Gasteiger partial charge in [-0.15, -0.1) is 10.2 Å². The number of aryl methyl sites for hydroxylation is 1. The standard InChI is InChI=1S/C14H14N4O2/c1-18-9-16-17-13(18)6-7-15-14(19)12-8-10-4-2-3-5-11(10)20-12/h2-5,8-9H,6-7H2,1H3,(H,15,19). The van der Waals surface area contributed by atoms with Crippen LogP contribution in [0.15, 0.2) is 41.1 Å². The summed E-state index contributed by atoms with van der Waals surface area (Å²) in [6.45, 7) is 0.489. The summed E-state index contributed by atoms with van der Waals surface area (Å²) in [4.78, 5) is 12.0. The third kappa shape index (κ3) is 2.40. The van der Waals surface area contributed by atoms with E-state index in [1.54, 1.807) is 12.4 Å². The zero-order valence-corrected chi connectivity index (χ0v) is 11.0. The Kier molecular flexibility index (Phi) is 3.20. The second kappa shape index (κ2) is 5.16. The minimum atomic E-state index is -0.219. The number of carbonyl (C=O) groups is 1. The molecule has 2 heterocycles. The van der Waals surface area contributed by atoms with Crippen LogP contribution in [0.3, 0.4) is 0 Å². The average Bonchev–Trinajstić information content (AvgIpc) is 3.05. The van der Waals surface area contributed by atoms with Gasteiger partial charge >= 0.3 is 0 Å². The Morgan fingerprint density at radius 1 is 1.40 bits per heavy atom. The van der Waals surface area contributed by atoms with Gasteiger partial charge in [-0.05, 0) is 12.1 Å². The summed E-state index contributed by atoms with van der Waals surface area (Å²) in [5.41, 5.74) is 0.714. The van der Waals surface area contributed by atoms with Crippen LogP contribution in [-0.2, 0) is 13.5 Å². The summed E-state index contributed by atoms with van der Waals surface area (Å²) < 4.78 is 7.32. The molecule has 0 aliphatic heterocycles. The molecule has 0 bridgehead atoms. The molecule has 0 radical (unpaired) electrons. The summed E-state index contributed by atoms with van der Waals surface area (Å²) in [6, 6.07) is 9.28. The van der Waals surface area contributed by atoms with Crippen molar-refractivity contribution in [3.8, 4) is 0 Å². The highest BCUT2D eigenvalue weighted by atomic mass is 16.3. The molecule has 0 spiro atoms. The highest BCUT2D eigenvalue weighted by molar-refractivity contribution is 5.96. The Morgan fingerprint density at radius 3 is 3.00 bits per heavy atom. The highest BCUT2D eigenvalue weighted by Gasteiger charge is 2.11. The molecule has 2 aromatic heterocycles. The minimum absolute atomic E-state index is 0.219. The second-order valence-electron chi connectivity index (χ2n) is 4.51. The maximum atomic E-state index is 12.0. The molecular formula is C14H14N4O2. The van der Waals surface area contributed by atoms with E-state index in [4.69, 9.17) is 4.42 Å². The molecule has 0 aliphatic carbocycles. The topological polar surface area (TPSA) is 73.0 Å². The summed E-state index contributed by atoms with van der Waals surface area (Å²) in [5, 5.41) is 11.5. The molecule has 1 N–H and O–H groups in total. The van der Waals surface area contributed by atoms with Gasteiger partial charge < -0.3 is 14.3 Å². The molecule has 0 saturated carbocycles. The molecule has 3 rings (SSSR count). The predicted octanol–water partition coefficient (Wildman–Crippen LogP) is 1.53. The van der Waals surface area contributed by atoms with E-state index >= 15 is 0 Å². The molecule has 1 amide bonds. The Bertz CT molecular complexity index is 711. The number of aromatic nitrogens is 3. The van der Waals surface area contributed by atoms with Crippen LogP contribution in [0.25, 0.3) is 11.0 Å². The summed E-state index contributed by atoms with van der Waals surface area (Å²) in [5.74, 6) is 0.933. The zero-order chi connectivity index (χ0) is 13.9. The second-order valence-corrected chi connectivity index (χ2v) is 4.51. The van der Waals surface area contributed by atoms with Gasteiger partial charge in [-0.1, -0.05) is 18.2 Å². The number of benzene rings is 1. The van der Waals surface area contributed by atoms with E-state index in [0.29, 0.717) is 24.3 Å². The summed E-state index contributed by atoms with van der Waals surface area (Å²) >= 11 is 0. The molecule has 0 aliphatic rings. The molecule has 3 aromatic rings. The van der Waals surface area contributed by atoms with Crippen LogP contribution in [-0.4, -0.2) is 27.2 Å². The van der Waals surface area contributed by atoms with Crippen molar-refractivity contribution < 1.29 is 9.21 Å². The highest BCUT2D eigenvalue weighted by Crippen LogP contribution is 2.18. The van der Waals surface area contributed by atoms with Gasteiger partial charge in [-0.25, -0.2) is 0 Å². The SMILES string of the molecule is Cn1cnnc1CCNC(=O)c1cc2ccccc2o1. The number of hydrogen-bond donors (Lipinski definition) is 1. The number of nitrogens with one attached hydrogen (secondary N) is 1. The lowest BCUT2D eigenvalue weighted by molar-refractivity contribution is 0.0928. The fourth-order valence-electron chi connectivity index (χ4n) is 2.00. The van der Waals surface area contributed by atoms with Crippen molar-refractivity contribution in [3.05, 3.63) is 48.2 Å². The number of para-hydroxylation sites is 1. The quantitative estimate of drug-likeness (QED) is 0.780. The van der Waals surface area contributed by atoms with Crippen LogP contribution >= 0.6 is 0 Å². The first-order valence-corrected chi connectivity index (χ1v) is 6.34. The Labute approximate surface area is 115 Å². The van der Waals surface area contributed by atoms with E-state index in [0.717, 1.165) is 11.2 Å². The number of amides is 1. The summed E-state index contributed by atoms with van der Waals surface area (Å²) in [7, 11) is 1.87. The van der Waals surface area contributed by atoms with Crippen LogP contribution in [0.2, 0.25) is 0 Å². The normalized spacial score (nSPS) is 10.8. The van der Waals surface area contributed by atoms with Crippen molar-refractivity contribution in [2.24, 2.45) is 7.05 Å². The van der Waals surface area contributed by atoms with Gasteiger partial charge in [0.15, 0.2) is 5.76 Å². The molecule has 0 saturated heterocycles. The van der Waals surface area contributed by atoms with Gasteiger partial charge in [-0.2, -0.15) is 0 Å². The van der Waals surface area contributed by atoms with Crippen molar-refractivity contribution in [1.29, 1.82) is 0 Å². The molecule has 0 fully saturated rings. The van der Waals surface area contributed by atoms with Gasteiger partial charge in [0.2, 0.25) is 0 Å². The van der Waals surface area contributed by atoms with Crippen LogP contribution in [0, 0.1) is 0 Å². The van der Waals surface area contributed by atoms with Crippen LogP contribution in [0.4, 0.5) is 0 Å². The lowest BCUT2D eigenvalue weighted by atomic mass is 10.2. The molecule has 1 aromatic carbocycles. The van der Waals surface area contributed by atoms with Crippen LogP contribution < -0.4 is 5.32 Å². The van der Waals surface area contributed by atoms with Gasteiger partial charge in [0.1, 0.15) is 17.7 Å². The lowest BCUT2D eigenvalue weighted by Crippen LogP contribution is -2.25. The van der Waals surface area contributed by atoms with E-state index in [1.807, 2.05) is 35.9 Å². The van der Waals surface area contributed by atoms with Gasteiger partial charge in [0, 0.05) is 25.4 Å². The monoisotopic (exact) mass is 270 g/mol. The largest absolute Gasteiger partial charge is 0.451 e. The molecule has 6 heteroatoms. The van der Waals surface area contributed by atoms with Crippen molar-refractivity contribution in [2.75, 3.05) is 6.54 Å². The number of furan rings is 1. The number of nitrogens with zero attached hydrogens (tertiary/aromatic N) is 3. The maximum absolute atomic E-state index is 12.0.